The maximum absolute atomic E-state index is 14.1. The van der Waals surface area contributed by atoms with Gasteiger partial charge in [-0.3, -0.25) is 14.5 Å². The van der Waals surface area contributed by atoms with Gasteiger partial charge in [-0.25, -0.2) is 9.38 Å². The van der Waals surface area contributed by atoms with E-state index >= 15 is 0 Å². The van der Waals surface area contributed by atoms with Gasteiger partial charge < -0.3 is 5.32 Å². The molecule has 1 atom stereocenters. The summed E-state index contributed by atoms with van der Waals surface area (Å²) in [6, 6.07) is 13.1. The molecule has 1 unspecified atom stereocenters. The molecule has 0 aromatic heterocycles. The molecule has 1 N–H and O–H groups in total. The molecule has 1 aliphatic rings. The maximum atomic E-state index is 14.1. The number of amidine groups is 1. The van der Waals surface area contributed by atoms with Crippen LogP contribution in [0.2, 0.25) is 0 Å². The van der Waals surface area contributed by atoms with Crippen LogP contribution in [0.3, 0.4) is 0 Å². The molecule has 0 saturated carbocycles. The smallest absolute Gasteiger partial charge is 0.242 e. The second-order valence-corrected chi connectivity index (χ2v) is 8.17. The van der Waals surface area contributed by atoms with E-state index in [-0.39, 0.29) is 23.9 Å². The summed E-state index contributed by atoms with van der Waals surface area (Å²) in [7, 11) is 0. The van der Waals surface area contributed by atoms with Crippen molar-refractivity contribution in [3.05, 3.63) is 58.3 Å². The summed E-state index contributed by atoms with van der Waals surface area (Å²) < 4.78 is 14.7. The number of nitrogens with one attached hydrogen (secondary N) is 1. The number of nitriles is 1. The van der Waals surface area contributed by atoms with Gasteiger partial charge in [-0.05, 0) is 37.3 Å². The molecule has 6 nitrogen and oxygen atoms in total. The van der Waals surface area contributed by atoms with Crippen LogP contribution in [-0.2, 0) is 9.59 Å². The summed E-state index contributed by atoms with van der Waals surface area (Å²) in [5.41, 5.74) is 0.859. The number of nitrogens with zero attached hydrogens (tertiary/aromatic N) is 3. The first-order chi connectivity index (χ1) is 13.9. The molecule has 29 heavy (non-hydrogen) atoms. The maximum Gasteiger partial charge on any atom is 0.242 e. The zero-order chi connectivity index (χ0) is 21.0. The van der Waals surface area contributed by atoms with Crippen molar-refractivity contribution in [2.24, 2.45) is 4.99 Å². The first-order valence-electron chi connectivity index (χ1n) is 8.73. The predicted octanol–water partition coefficient (Wildman–Crippen LogP) is 4.44. The third-order valence-electron chi connectivity index (χ3n) is 4.15. The number of para-hydroxylation sites is 1. The Morgan fingerprint density at radius 1 is 1.38 bits per heavy atom. The Morgan fingerprint density at radius 3 is 2.83 bits per heavy atom. The van der Waals surface area contributed by atoms with Crippen LogP contribution in [0.15, 0.2) is 51.9 Å². The van der Waals surface area contributed by atoms with Crippen LogP contribution in [0.4, 0.5) is 15.8 Å². The fourth-order valence-corrected chi connectivity index (χ4v) is 4.30. The van der Waals surface area contributed by atoms with Crippen molar-refractivity contribution in [2.45, 2.75) is 18.6 Å². The van der Waals surface area contributed by atoms with Gasteiger partial charge in [-0.1, -0.05) is 39.8 Å². The van der Waals surface area contributed by atoms with Gasteiger partial charge in [-0.2, -0.15) is 5.26 Å². The molecule has 0 aliphatic carbocycles. The Balaban J connectivity index is 1.75. The van der Waals surface area contributed by atoms with Gasteiger partial charge in [0.1, 0.15) is 22.8 Å². The van der Waals surface area contributed by atoms with Gasteiger partial charge in [0.05, 0.1) is 11.3 Å². The van der Waals surface area contributed by atoms with E-state index in [2.05, 4.69) is 26.2 Å². The average molecular weight is 475 g/mol. The zero-order valence-electron chi connectivity index (χ0n) is 15.4. The van der Waals surface area contributed by atoms with Crippen LogP contribution >= 0.6 is 27.7 Å². The number of amides is 2. The van der Waals surface area contributed by atoms with Crippen LogP contribution in [0.1, 0.15) is 18.9 Å². The van der Waals surface area contributed by atoms with Crippen molar-refractivity contribution in [2.75, 3.05) is 11.9 Å². The minimum Gasteiger partial charge on any atom is -0.325 e. The van der Waals surface area contributed by atoms with E-state index in [9.17, 15) is 14.0 Å². The SMILES string of the molecule is CCN1C(=O)C(CC(=O)Nc2ccccc2C#N)SC1=Nc1ccc(Br)cc1F. The van der Waals surface area contributed by atoms with Gasteiger partial charge in [0, 0.05) is 17.4 Å². The summed E-state index contributed by atoms with van der Waals surface area (Å²) in [6.45, 7) is 2.15. The quantitative estimate of drug-likeness (QED) is 0.693. The standard InChI is InChI=1S/C20H16BrFN4O2S/c1-2-26-19(28)17(10-18(27)24-15-6-4-3-5-12(15)11-23)29-20(26)25-16-8-7-13(21)9-14(16)22/h3-9,17H,2,10H2,1H3,(H,24,27). The normalized spacial score (nSPS) is 17.4. The number of thioether (sulfide) groups is 1. The molecule has 3 rings (SSSR count). The van der Waals surface area contributed by atoms with Crippen LogP contribution < -0.4 is 5.32 Å². The molecule has 148 valence electrons. The minimum absolute atomic E-state index is 0.0817. The summed E-state index contributed by atoms with van der Waals surface area (Å²) in [4.78, 5) is 30.8. The molecule has 1 fully saturated rings. The lowest BCUT2D eigenvalue weighted by atomic mass is 10.2. The highest BCUT2D eigenvalue weighted by molar-refractivity contribution is 9.10. The zero-order valence-corrected chi connectivity index (χ0v) is 17.8. The Labute approximate surface area is 179 Å². The van der Waals surface area contributed by atoms with Gasteiger partial charge >= 0.3 is 0 Å². The van der Waals surface area contributed by atoms with Crippen molar-refractivity contribution in [1.29, 1.82) is 5.26 Å². The van der Waals surface area contributed by atoms with E-state index < -0.39 is 11.1 Å². The van der Waals surface area contributed by atoms with E-state index in [0.29, 0.717) is 27.4 Å². The first kappa shape index (κ1) is 21.0. The van der Waals surface area contributed by atoms with E-state index in [1.807, 2.05) is 6.07 Å². The highest BCUT2D eigenvalue weighted by atomic mass is 79.9. The Kier molecular flexibility index (Phi) is 6.67. The Morgan fingerprint density at radius 2 is 2.14 bits per heavy atom. The van der Waals surface area contributed by atoms with Crippen LogP contribution in [-0.4, -0.2) is 33.7 Å². The lowest BCUT2D eigenvalue weighted by Gasteiger charge is -2.13. The van der Waals surface area contributed by atoms with Crippen LogP contribution in [0.25, 0.3) is 0 Å². The number of carbonyl (C=O) groups excluding carboxylic acids is 2. The number of halogens is 2. The topological polar surface area (TPSA) is 85.6 Å². The molecule has 1 heterocycles. The summed E-state index contributed by atoms with van der Waals surface area (Å²) in [5.74, 6) is -1.14. The van der Waals surface area contributed by atoms with E-state index in [1.54, 1.807) is 37.3 Å². The van der Waals surface area contributed by atoms with Gasteiger partial charge in [0.2, 0.25) is 11.8 Å². The monoisotopic (exact) mass is 474 g/mol. The highest BCUT2D eigenvalue weighted by Gasteiger charge is 2.38. The van der Waals surface area contributed by atoms with Crippen LogP contribution in [0.5, 0.6) is 0 Å². The molecule has 0 spiro atoms. The molecular formula is C20H16BrFN4O2S. The number of carbonyl (C=O) groups is 2. The van der Waals surface area contributed by atoms with E-state index in [4.69, 9.17) is 5.26 Å². The molecule has 2 aromatic carbocycles. The number of hydrogen-bond acceptors (Lipinski definition) is 5. The third-order valence-corrected chi connectivity index (χ3v) is 5.82. The minimum atomic E-state index is -0.665. The molecular weight excluding hydrogens is 459 g/mol. The lowest BCUT2D eigenvalue weighted by Crippen LogP contribution is -2.33. The molecule has 9 heteroatoms. The van der Waals surface area contributed by atoms with Crippen molar-refractivity contribution in [3.8, 4) is 6.07 Å². The molecule has 0 bridgehead atoms. The lowest BCUT2D eigenvalue weighted by molar-refractivity contribution is -0.128. The first-order valence-corrected chi connectivity index (χ1v) is 10.4. The molecule has 1 saturated heterocycles. The largest absolute Gasteiger partial charge is 0.325 e. The van der Waals surface area contributed by atoms with Gasteiger partial charge in [-0.15, -0.1) is 0 Å². The third kappa shape index (κ3) is 4.83. The Hall–Kier alpha value is -2.70. The van der Waals surface area contributed by atoms with E-state index in [0.717, 1.165) is 11.8 Å². The van der Waals surface area contributed by atoms with Crippen molar-refractivity contribution >= 4 is 56.0 Å². The van der Waals surface area contributed by atoms with Crippen molar-refractivity contribution in [3.63, 3.8) is 0 Å². The second-order valence-electron chi connectivity index (χ2n) is 6.09. The molecule has 2 aromatic rings. The number of anilines is 1. The van der Waals surface area contributed by atoms with Crippen LogP contribution in [0, 0.1) is 17.1 Å². The fourth-order valence-electron chi connectivity index (χ4n) is 2.75. The van der Waals surface area contributed by atoms with Crippen molar-refractivity contribution in [1.82, 2.24) is 4.90 Å². The average Bonchev–Trinajstić information content (AvgIpc) is 2.98. The van der Waals surface area contributed by atoms with Crippen molar-refractivity contribution < 1.29 is 14.0 Å². The summed E-state index contributed by atoms with van der Waals surface area (Å²) >= 11 is 4.33. The summed E-state index contributed by atoms with van der Waals surface area (Å²) in [5, 5.41) is 11.5. The van der Waals surface area contributed by atoms with Gasteiger partial charge in [0.25, 0.3) is 0 Å². The van der Waals surface area contributed by atoms with E-state index in [1.165, 1.54) is 17.0 Å². The number of hydrogen-bond donors (Lipinski definition) is 1. The molecule has 2 amide bonds. The van der Waals surface area contributed by atoms with Gasteiger partial charge in [0.15, 0.2) is 5.17 Å². The second kappa shape index (κ2) is 9.20. The Bertz CT molecular complexity index is 1040. The fraction of sp³-hybridized carbons (Fsp3) is 0.200. The molecule has 1 aliphatic heterocycles. The summed E-state index contributed by atoms with van der Waals surface area (Å²) in [6.07, 6.45) is -0.0817. The highest BCUT2D eigenvalue weighted by Crippen LogP contribution is 2.33. The molecule has 0 radical (unpaired) electrons. The number of aliphatic imine (C=N–C) groups is 1. The number of rotatable bonds is 5. The number of benzene rings is 2. The predicted molar refractivity (Wildman–Crippen MR) is 114 cm³/mol.